The van der Waals surface area contributed by atoms with Crippen LogP contribution in [0.4, 0.5) is 0 Å². The van der Waals surface area contributed by atoms with Crippen molar-refractivity contribution >= 4 is 32.3 Å². The fourth-order valence-electron chi connectivity index (χ4n) is 9.34. The Labute approximate surface area is 351 Å². The van der Waals surface area contributed by atoms with Crippen LogP contribution in [0.1, 0.15) is 0 Å². The molecule has 0 heteroatoms. The molecule has 280 valence electrons. The summed E-state index contributed by atoms with van der Waals surface area (Å²) in [5.74, 6) is 0. The lowest BCUT2D eigenvalue weighted by atomic mass is 9.81. The van der Waals surface area contributed by atoms with Gasteiger partial charge in [-0.2, -0.15) is 0 Å². The van der Waals surface area contributed by atoms with E-state index >= 15 is 0 Å². The summed E-state index contributed by atoms with van der Waals surface area (Å²) < 4.78 is 0. The second-order valence-corrected chi connectivity index (χ2v) is 15.5. The maximum absolute atomic E-state index is 2.37. The summed E-state index contributed by atoms with van der Waals surface area (Å²) in [4.78, 5) is 0. The van der Waals surface area contributed by atoms with Crippen LogP contribution in [0.15, 0.2) is 243 Å². The van der Waals surface area contributed by atoms with Gasteiger partial charge in [-0.25, -0.2) is 0 Å². The Hall–Kier alpha value is -7.80. The molecule has 0 bridgehead atoms. The summed E-state index contributed by atoms with van der Waals surface area (Å²) in [5.41, 5.74) is 17.1. The largest absolute Gasteiger partial charge is 0.0622 e. The highest BCUT2D eigenvalue weighted by molar-refractivity contribution is 6.25. The minimum absolute atomic E-state index is 1.20. The molecule has 0 aliphatic rings. The topological polar surface area (TPSA) is 0 Å². The van der Waals surface area contributed by atoms with Crippen molar-refractivity contribution in [2.24, 2.45) is 0 Å². The van der Waals surface area contributed by atoms with Gasteiger partial charge in [-0.15, -0.1) is 0 Å². The standard InChI is InChI=1S/C60H40/c1-5-19-41(20-6-1)45-33-35-50(57(39-45)43-23-9-3-10-24-43)49-37-38-55(48-28-14-13-27-47(48)49)59-51-29-15-17-31-53(51)60(54-32-18-16-30-52(54)59)56-36-34-46(42-21-7-2-8-22-42)40-58(56)44-25-11-4-12-26-44/h1-40H. The van der Waals surface area contributed by atoms with Gasteiger partial charge in [-0.05, 0) is 122 Å². The highest BCUT2D eigenvalue weighted by Crippen LogP contribution is 2.49. The van der Waals surface area contributed by atoms with Crippen LogP contribution in [0.3, 0.4) is 0 Å². The smallest absolute Gasteiger partial charge is 0.00201 e. The van der Waals surface area contributed by atoms with E-state index in [0.717, 1.165) is 0 Å². The van der Waals surface area contributed by atoms with E-state index in [9.17, 15) is 0 Å². The van der Waals surface area contributed by atoms with Crippen LogP contribution in [0.5, 0.6) is 0 Å². The van der Waals surface area contributed by atoms with Gasteiger partial charge in [-0.1, -0.05) is 231 Å². The lowest BCUT2D eigenvalue weighted by Gasteiger charge is -2.22. The molecule has 60 heavy (non-hydrogen) atoms. The number of benzene rings is 11. The average Bonchev–Trinajstić information content (AvgIpc) is 3.34. The zero-order chi connectivity index (χ0) is 39.8. The second kappa shape index (κ2) is 15.2. The summed E-state index contributed by atoms with van der Waals surface area (Å²) in [6.07, 6.45) is 0. The van der Waals surface area contributed by atoms with Crippen LogP contribution in [-0.4, -0.2) is 0 Å². The van der Waals surface area contributed by atoms with Gasteiger partial charge < -0.3 is 0 Å². The van der Waals surface area contributed by atoms with Crippen molar-refractivity contribution in [2.75, 3.05) is 0 Å². The fraction of sp³-hybridized carbons (Fsp3) is 0. The molecule has 0 saturated heterocycles. The van der Waals surface area contributed by atoms with Crippen LogP contribution in [0.2, 0.25) is 0 Å². The first-order valence-electron chi connectivity index (χ1n) is 20.8. The van der Waals surface area contributed by atoms with Gasteiger partial charge in [0, 0.05) is 0 Å². The minimum atomic E-state index is 1.20. The summed E-state index contributed by atoms with van der Waals surface area (Å²) in [5, 5.41) is 7.44. The van der Waals surface area contributed by atoms with Gasteiger partial charge in [-0.3, -0.25) is 0 Å². The molecule has 0 aliphatic carbocycles. The van der Waals surface area contributed by atoms with Crippen LogP contribution in [-0.2, 0) is 0 Å². The van der Waals surface area contributed by atoms with Crippen molar-refractivity contribution in [3.8, 4) is 77.9 Å². The van der Waals surface area contributed by atoms with Crippen molar-refractivity contribution in [2.45, 2.75) is 0 Å². The van der Waals surface area contributed by atoms with Gasteiger partial charge in [0.05, 0.1) is 0 Å². The molecule has 0 nitrogen and oxygen atoms in total. The molecule has 0 amide bonds. The van der Waals surface area contributed by atoms with Gasteiger partial charge in [0.2, 0.25) is 0 Å². The van der Waals surface area contributed by atoms with Crippen LogP contribution < -0.4 is 0 Å². The Bertz CT molecular complexity index is 3270. The molecule has 0 heterocycles. The van der Waals surface area contributed by atoms with E-state index in [1.165, 1.54) is 110 Å². The Morgan fingerprint density at radius 2 is 0.450 bits per heavy atom. The van der Waals surface area contributed by atoms with Crippen molar-refractivity contribution in [1.82, 2.24) is 0 Å². The van der Waals surface area contributed by atoms with E-state index in [1.54, 1.807) is 0 Å². The third-order valence-corrected chi connectivity index (χ3v) is 12.1. The lowest BCUT2D eigenvalue weighted by molar-refractivity contribution is 1.57. The molecule has 0 N–H and O–H groups in total. The normalized spacial score (nSPS) is 11.3. The molecule has 0 spiro atoms. The highest BCUT2D eigenvalue weighted by Gasteiger charge is 2.22. The molecule has 0 fully saturated rings. The molecular formula is C60H40. The quantitative estimate of drug-likeness (QED) is 0.142. The van der Waals surface area contributed by atoms with E-state index in [-0.39, 0.29) is 0 Å². The summed E-state index contributed by atoms with van der Waals surface area (Å²) in [6.45, 7) is 0. The maximum atomic E-state index is 2.37. The van der Waals surface area contributed by atoms with Gasteiger partial charge in [0.1, 0.15) is 0 Å². The molecule has 0 aromatic heterocycles. The van der Waals surface area contributed by atoms with E-state index in [4.69, 9.17) is 0 Å². The lowest BCUT2D eigenvalue weighted by Crippen LogP contribution is -1.95. The molecular weight excluding hydrogens is 721 g/mol. The van der Waals surface area contributed by atoms with E-state index in [2.05, 4.69) is 243 Å². The molecule has 0 atom stereocenters. The number of rotatable bonds is 7. The SMILES string of the molecule is c1ccc(-c2ccc(-c3ccc(-c4c5ccccc5c(-c5ccc(-c6ccccc6)cc5-c5ccccc5)c5ccccc45)c4ccccc34)c(-c3ccccc3)c2)cc1. The second-order valence-electron chi connectivity index (χ2n) is 15.5. The Morgan fingerprint density at radius 1 is 0.150 bits per heavy atom. The molecule has 0 saturated carbocycles. The fourth-order valence-corrected chi connectivity index (χ4v) is 9.34. The molecule has 0 unspecified atom stereocenters. The average molecular weight is 761 g/mol. The summed E-state index contributed by atoms with van der Waals surface area (Å²) >= 11 is 0. The van der Waals surface area contributed by atoms with Crippen LogP contribution in [0.25, 0.3) is 110 Å². The first-order valence-corrected chi connectivity index (χ1v) is 20.8. The molecule has 0 aliphatic heterocycles. The zero-order valence-corrected chi connectivity index (χ0v) is 33.1. The molecule has 11 aromatic rings. The Morgan fingerprint density at radius 3 is 0.900 bits per heavy atom. The van der Waals surface area contributed by atoms with Gasteiger partial charge in [0.25, 0.3) is 0 Å². The van der Waals surface area contributed by atoms with Crippen molar-refractivity contribution in [3.63, 3.8) is 0 Å². The highest BCUT2D eigenvalue weighted by atomic mass is 14.2. The van der Waals surface area contributed by atoms with Crippen molar-refractivity contribution in [1.29, 1.82) is 0 Å². The van der Waals surface area contributed by atoms with Crippen molar-refractivity contribution < 1.29 is 0 Å². The number of fused-ring (bicyclic) bond motifs is 3. The molecule has 11 aromatic carbocycles. The van der Waals surface area contributed by atoms with Crippen LogP contribution >= 0.6 is 0 Å². The molecule has 11 rings (SSSR count). The number of hydrogen-bond acceptors (Lipinski definition) is 0. The minimum Gasteiger partial charge on any atom is -0.0622 e. The first-order chi connectivity index (χ1) is 29.8. The monoisotopic (exact) mass is 760 g/mol. The summed E-state index contributed by atoms with van der Waals surface area (Å²) in [6, 6.07) is 88.7. The Balaban J connectivity index is 1.15. The third kappa shape index (κ3) is 6.18. The number of hydrogen-bond donors (Lipinski definition) is 0. The zero-order valence-electron chi connectivity index (χ0n) is 33.1. The summed E-state index contributed by atoms with van der Waals surface area (Å²) in [7, 11) is 0. The van der Waals surface area contributed by atoms with Crippen LogP contribution in [0, 0.1) is 0 Å². The van der Waals surface area contributed by atoms with E-state index in [1.807, 2.05) is 0 Å². The molecule has 0 radical (unpaired) electrons. The Kier molecular flexibility index (Phi) is 8.95. The first kappa shape index (κ1) is 35.4. The third-order valence-electron chi connectivity index (χ3n) is 12.1. The van der Waals surface area contributed by atoms with Gasteiger partial charge in [0.15, 0.2) is 0 Å². The van der Waals surface area contributed by atoms with E-state index in [0.29, 0.717) is 0 Å². The predicted octanol–water partition coefficient (Wildman–Crippen LogP) is 16.8. The van der Waals surface area contributed by atoms with Gasteiger partial charge >= 0.3 is 0 Å². The van der Waals surface area contributed by atoms with Crippen molar-refractivity contribution in [3.05, 3.63) is 243 Å². The van der Waals surface area contributed by atoms with E-state index < -0.39 is 0 Å². The maximum Gasteiger partial charge on any atom is -0.00201 e. The predicted molar refractivity (Wildman–Crippen MR) is 257 cm³/mol.